The molecule has 1 fully saturated rings. The van der Waals surface area contributed by atoms with Crippen LogP contribution in [0.4, 0.5) is 5.13 Å². The molecule has 1 aliphatic rings. The Morgan fingerprint density at radius 3 is 2.48 bits per heavy atom. The van der Waals surface area contributed by atoms with Crippen molar-refractivity contribution >= 4 is 45.0 Å². The van der Waals surface area contributed by atoms with Crippen LogP contribution in [0.3, 0.4) is 0 Å². The summed E-state index contributed by atoms with van der Waals surface area (Å²) in [6, 6.07) is 13.8. The first-order chi connectivity index (χ1) is 15.7. The summed E-state index contributed by atoms with van der Waals surface area (Å²) in [5.41, 5.74) is 1.88. The van der Waals surface area contributed by atoms with Crippen molar-refractivity contribution in [3.05, 3.63) is 48.0 Å². The fourth-order valence-corrected chi connectivity index (χ4v) is 4.93. The third kappa shape index (κ3) is 6.14. The van der Waals surface area contributed by atoms with E-state index in [1.54, 1.807) is 14.2 Å². The van der Waals surface area contributed by atoms with Gasteiger partial charge in [0.1, 0.15) is 21.7 Å². The average Bonchev–Trinajstić information content (AvgIpc) is 3.28. The Morgan fingerprint density at radius 2 is 1.79 bits per heavy atom. The molecule has 0 N–H and O–H groups in total. The maximum absolute atomic E-state index is 13.4. The Hall–Kier alpha value is -2.39. The SMILES string of the molecule is COc1ccc(OC)c2sc(N(CCN3CCOCC3)C(=O)CCc3ccccc3)nc12.Cl. The molecule has 3 aromatic rings. The molecule has 9 heteroatoms. The van der Waals surface area contributed by atoms with E-state index >= 15 is 0 Å². The highest BCUT2D eigenvalue weighted by molar-refractivity contribution is 7.22. The zero-order valence-electron chi connectivity index (χ0n) is 19.0. The molecule has 2 heterocycles. The van der Waals surface area contributed by atoms with Crippen molar-refractivity contribution in [3.63, 3.8) is 0 Å². The maximum atomic E-state index is 13.4. The highest BCUT2D eigenvalue weighted by Gasteiger charge is 2.23. The predicted octanol–water partition coefficient (Wildman–Crippen LogP) is 4.03. The van der Waals surface area contributed by atoms with Crippen LogP contribution in [0.2, 0.25) is 0 Å². The lowest BCUT2D eigenvalue weighted by Crippen LogP contribution is -2.43. The van der Waals surface area contributed by atoms with Crippen molar-refractivity contribution in [2.45, 2.75) is 12.8 Å². The van der Waals surface area contributed by atoms with Gasteiger partial charge in [-0.2, -0.15) is 0 Å². The number of methoxy groups -OCH3 is 2. The molecule has 2 aromatic carbocycles. The number of rotatable bonds is 9. The molecule has 4 rings (SSSR count). The van der Waals surface area contributed by atoms with E-state index in [2.05, 4.69) is 17.0 Å². The second-order valence-electron chi connectivity index (χ2n) is 7.63. The Balaban J connectivity index is 0.00000306. The van der Waals surface area contributed by atoms with Gasteiger partial charge in [0.25, 0.3) is 0 Å². The highest BCUT2D eigenvalue weighted by atomic mass is 35.5. The second kappa shape index (κ2) is 12.2. The van der Waals surface area contributed by atoms with E-state index in [1.807, 2.05) is 35.2 Å². The first-order valence-corrected chi connectivity index (χ1v) is 11.7. The molecule has 0 atom stereocenters. The van der Waals surface area contributed by atoms with Gasteiger partial charge in [-0.1, -0.05) is 41.7 Å². The Labute approximate surface area is 204 Å². The lowest BCUT2D eigenvalue weighted by Gasteiger charge is -2.29. The Morgan fingerprint density at radius 1 is 1.09 bits per heavy atom. The van der Waals surface area contributed by atoms with E-state index in [4.69, 9.17) is 19.2 Å². The number of fused-ring (bicyclic) bond motifs is 1. The number of thiazole rings is 1. The Bertz CT molecular complexity index is 1000. The number of benzene rings is 2. The fourth-order valence-electron chi connectivity index (χ4n) is 3.81. The largest absolute Gasteiger partial charge is 0.495 e. The summed E-state index contributed by atoms with van der Waals surface area (Å²) < 4.78 is 17.4. The first kappa shape index (κ1) is 25.2. The number of nitrogens with zero attached hydrogens (tertiary/aromatic N) is 3. The van der Waals surface area contributed by atoms with Crippen LogP contribution < -0.4 is 14.4 Å². The summed E-state index contributed by atoms with van der Waals surface area (Å²) in [7, 11) is 3.27. The normalized spacial score (nSPS) is 14.0. The number of hydrogen-bond donors (Lipinski definition) is 0. The minimum absolute atomic E-state index is 0. The molecule has 0 spiro atoms. The molecule has 1 amide bonds. The van der Waals surface area contributed by atoms with E-state index in [-0.39, 0.29) is 18.3 Å². The summed E-state index contributed by atoms with van der Waals surface area (Å²) in [5.74, 6) is 1.47. The molecule has 0 unspecified atom stereocenters. The third-order valence-corrected chi connectivity index (χ3v) is 6.74. The number of ether oxygens (including phenoxy) is 3. The lowest BCUT2D eigenvalue weighted by atomic mass is 10.1. The molecule has 7 nitrogen and oxygen atoms in total. The van der Waals surface area contributed by atoms with Gasteiger partial charge in [-0.05, 0) is 24.1 Å². The highest BCUT2D eigenvalue weighted by Crippen LogP contribution is 2.40. The molecular weight excluding hydrogens is 462 g/mol. The molecule has 178 valence electrons. The van der Waals surface area contributed by atoms with Crippen LogP contribution in [0.25, 0.3) is 10.2 Å². The van der Waals surface area contributed by atoms with Gasteiger partial charge in [0, 0.05) is 32.6 Å². The van der Waals surface area contributed by atoms with Gasteiger partial charge in [-0.15, -0.1) is 12.4 Å². The van der Waals surface area contributed by atoms with Gasteiger partial charge in [0.15, 0.2) is 5.13 Å². The lowest BCUT2D eigenvalue weighted by molar-refractivity contribution is -0.118. The van der Waals surface area contributed by atoms with Crippen molar-refractivity contribution in [2.24, 2.45) is 0 Å². The standard InChI is InChI=1S/C24H29N3O4S.ClH/c1-29-19-9-10-20(30-2)23-22(19)25-24(32-23)27(13-12-26-14-16-31-17-15-26)21(28)11-8-18-6-4-3-5-7-18;/h3-7,9-10H,8,11-17H2,1-2H3;1H. The fraction of sp³-hybridized carbons (Fsp3) is 0.417. The molecule has 0 radical (unpaired) electrons. The zero-order chi connectivity index (χ0) is 22.3. The number of morpholine rings is 1. The monoisotopic (exact) mass is 491 g/mol. The summed E-state index contributed by atoms with van der Waals surface area (Å²) >= 11 is 1.47. The number of anilines is 1. The predicted molar refractivity (Wildman–Crippen MR) is 134 cm³/mol. The summed E-state index contributed by atoms with van der Waals surface area (Å²) in [5, 5.41) is 0.675. The number of carbonyl (C=O) groups excluding carboxylic acids is 1. The molecule has 1 saturated heterocycles. The zero-order valence-corrected chi connectivity index (χ0v) is 20.6. The molecule has 0 bridgehead atoms. The minimum atomic E-state index is 0. The first-order valence-electron chi connectivity index (χ1n) is 10.9. The van der Waals surface area contributed by atoms with Crippen molar-refractivity contribution in [1.29, 1.82) is 0 Å². The quantitative estimate of drug-likeness (QED) is 0.450. The average molecular weight is 492 g/mol. The molecular formula is C24H30ClN3O4S. The number of carbonyl (C=O) groups is 1. The van der Waals surface area contributed by atoms with Crippen LogP contribution in [0.5, 0.6) is 11.5 Å². The van der Waals surface area contributed by atoms with Crippen LogP contribution in [-0.2, 0) is 16.0 Å². The van der Waals surface area contributed by atoms with Gasteiger partial charge in [-0.25, -0.2) is 4.98 Å². The van der Waals surface area contributed by atoms with Crippen LogP contribution in [0, 0.1) is 0 Å². The number of hydrogen-bond acceptors (Lipinski definition) is 7. The van der Waals surface area contributed by atoms with Crippen molar-refractivity contribution in [3.8, 4) is 11.5 Å². The minimum Gasteiger partial charge on any atom is -0.495 e. The van der Waals surface area contributed by atoms with Gasteiger partial charge in [0.2, 0.25) is 5.91 Å². The molecule has 1 aromatic heterocycles. The number of aryl methyl sites for hydroxylation is 1. The van der Waals surface area contributed by atoms with Gasteiger partial charge in [0.05, 0.1) is 27.4 Å². The van der Waals surface area contributed by atoms with Crippen LogP contribution in [0.15, 0.2) is 42.5 Å². The molecule has 0 saturated carbocycles. The Kier molecular flexibility index (Phi) is 9.31. The van der Waals surface area contributed by atoms with Crippen LogP contribution in [0.1, 0.15) is 12.0 Å². The van der Waals surface area contributed by atoms with Crippen LogP contribution >= 0.6 is 23.7 Å². The molecule has 0 aliphatic carbocycles. The van der Waals surface area contributed by atoms with E-state index < -0.39 is 0 Å². The van der Waals surface area contributed by atoms with E-state index in [9.17, 15) is 4.79 Å². The summed E-state index contributed by atoms with van der Waals surface area (Å²) in [6.45, 7) is 4.60. The second-order valence-corrected chi connectivity index (χ2v) is 8.61. The van der Waals surface area contributed by atoms with E-state index in [1.165, 1.54) is 11.3 Å². The third-order valence-electron chi connectivity index (χ3n) is 5.64. The van der Waals surface area contributed by atoms with E-state index in [0.717, 1.165) is 54.4 Å². The van der Waals surface area contributed by atoms with Crippen molar-refractivity contribution in [2.75, 3.05) is 58.5 Å². The molecule has 33 heavy (non-hydrogen) atoms. The number of aromatic nitrogens is 1. The van der Waals surface area contributed by atoms with Crippen molar-refractivity contribution < 1.29 is 19.0 Å². The molecule has 1 aliphatic heterocycles. The topological polar surface area (TPSA) is 64.1 Å². The number of amides is 1. The smallest absolute Gasteiger partial charge is 0.229 e. The van der Waals surface area contributed by atoms with E-state index in [0.29, 0.717) is 30.3 Å². The maximum Gasteiger partial charge on any atom is 0.229 e. The summed E-state index contributed by atoms with van der Waals surface area (Å²) in [4.78, 5) is 22.3. The van der Waals surface area contributed by atoms with Gasteiger partial charge in [-0.3, -0.25) is 14.6 Å². The van der Waals surface area contributed by atoms with Crippen LogP contribution in [-0.4, -0.2) is 69.4 Å². The van der Waals surface area contributed by atoms with Gasteiger partial charge < -0.3 is 14.2 Å². The summed E-state index contributed by atoms with van der Waals surface area (Å²) in [6.07, 6.45) is 1.13. The number of halogens is 1. The van der Waals surface area contributed by atoms with Crippen molar-refractivity contribution in [1.82, 2.24) is 9.88 Å². The van der Waals surface area contributed by atoms with Gasteiger partial charge >= 0.3 is 0 Å².